The van der Waals surface area contributed by atoms with Crippen LogP contribution in [0.4, 0.5) is 5.82 Å². The van der Waals surface area contributed by atoms with Crippen molar-refractivity contribution in [3.05, 3.63) is 35.8 Å². The maximum atomic E-state index is 6.72. The molecular formula is C8H5N3. The van der Waals surface area contributed by atoms with Crippen molar-refractivity contribution in [2.75, 3.05) is 0 Å². The highest BCUT2D eigenvalue weighted by Crippen LogP contribution is 2.14. The van der Waals surface area contributed by atoms with Crippen LogP contribution in [0.25, 0.3) is 15.9 Å². The van der Waals surface area contributed by atoms with Crippen LogP contribution in [0.1, 0.15) is 0 Å². The predicted octanol–water partition coefficient (Wildman–Crippen LogP) is 2.11. The van der Waals surface area contributed by atoms with E-state index in [1.165, 1.54) is 0 Å². The molecule has 0 radical (unpaired) electrons. The molecular weight excluding hydrogens is 138 g/mol. The molecule has 3 nitrogen and oxygen atoms in total. The van der Waals surface area contributed by atoms with E-state index in [2.05, 4.69) is 14.8 Å². The Hall–Kier alpha value is -1.82. The Bertz CT molecular complexity index is 422. The van der Waals surface area contributed by atoms with Crippen molar-refractivity contribution in [2.24, 2.45) is 0 Å². The van der Waals surface area contributed by atoms with Crippen LogP contribution in [0.5, 0.6) is 0 Å². The lowest BCUT2D eigenvalue weighted by Crippen LogP contribution is -1.73. The number of nitrogens with one attached hydrogen (secondary N) is 1. The van der Waals surface area contributed by atoms with E-state index in [4.69, 9.17) is 6.57 Å². The summed E-state index contributed by atoms with van der Waals surface area (Å²) in [6.45, 7) is 6.72. The van der Waals surface area contributed by atoms with E-state index in [-0.39, 0.29) is 0 Å². The first kappa shape index (κ1) is 5.93. The summed E-state index contributed by atoms with van der Waals surface area (Å²) in [4.78, 5) is 10.2. The number of aromatic nitrogens is 2. The Balaban J connectivity index is 2.79. The molecule has 2 aromatic heterocycles. The smallest absolute Gasteiger partial charge is 0.271 e. The largest absolute Gasteiger partial charge is 0.361 e. The van der Waals surface area contributed by atoms with Gasteiger partial charge >= 0.3 is 0 Å². The lowest BCUT2D eigenvalue weighted by atomic mass is 10.3. The van der Waals surface area contributed by atoms with Gasteiger partial charge in [0.25, 0.3) is 5.82 Å². The van der Waals surface area contributed by atoms with Crippen molar-refractivity contribution in [3.8, 4) is 0 Å². The number of rotatable bonds is 0. The van der Waals surface area contributed by atoms with Crippen molar-refractivity contribution < 1.29 is 0 Å². The topological polar surface area (TPSA) is 33.0 Å². The third kappa shape index (κ3) is 0.849. The van der Waals surface area contributed by atoms with Gasteiger partial charge in [0.2, 0.25) is 5.65 Å². The molecule has 0 spiro atoms. The molecule has 1 N–H and O–H groups in total. The molecule has 3 heteroatoms. The third-order valence-electron chi connectivity index (χ3n) is 1.51. The lowest BCUT2D eigenvalue weighted by Gasteiger charge is -1.85. The van der Waals surface area contributed by atoms with Crippen LogP contribution in [0.15, 0.2) is 24.4 Å². The second-order valence-electron chi connectivity index (χ2n) is 2.20. The monoisotopic (exact) mass is 143 g/mol. The van der Waals surface area contributed by atoms with Crippen LogP contribution in [0, 0.1) is 6.57 Å². The average Bonchev–Trinajstić information content (AvgIpc) is 2.50. The lowest BCUT2D eigenvalue weighted by molar-refractivity contribution is 1.34. The van der Waals surface area contributed by atoms with Crippen molar-refractivity contribution in [1.29, 1.82) is 0 Å². The van der Waals surface area contributed by atoms with E-state index in [0.29, 0.717) is 5.82 Å². The van der Waals surface area contributed by atoms with Gasteiger partial charge in [-0.05, 0) is 12.1 Å². The Kier molecular flexibility index (Phi) is 1.13. The van der Waals surface area contributed by atoms with Gasteiger partial charge in [-0.25, -0.2) is 0 Å². The van der Waals surface area contributed by atoms with Gasteiger partial charge in [-0.2, -0.15) is 0 Å². The Morgan fingerprint density at radius 2 is 2.27 bits per heavy atom. The minimum atomic E-state index is 0.431. The molecule has 0 aliphatic heterocycles. The normalized spacial score (nSPS) is 9.73. The molecule has 2 aromatic rings. The number of H-pyrrole nitrogens is 1. The quantitative estimate of drug-likeness (QED) is 0.563. The molecule has 2 heterocycles. The van der Waals surface area contributed by atoms with Gasteiger partial charge in [0.1, 0.15) is 0 Å². The molecule has 0 amide bonds. The summed E-state index contributed by atoms with van der Waals surface area (Å²) < 4.78 is 0. The number of nitrogens with zero attached hydrogens (tertiary/aromatic N) is 2. The molecule has 0 saturated carbocycles. The fourth-order valence-electron chi connectivity index (χ4n) is 0.982. The SMILES string of the molecule is [C-]#[N+]c1ccc2cc[nH]c2n1. The van der Waals surface area contributed by atoms with Gasteiger partial charge in [-0.3, -0.25) is 0 Å². The molecule has 2 rings (SSSR count). The maximum Gasteiger partial charge on any atom is 0.271 e. The van der Waals surface area contributed by atoms with Gasteiger partial charge in [-0.1, -0.05) is 12.6 Å². The van der Waals surface area contributed by atoms with Crippen LogP contribution in [-0.4, -0.2) is 9.97 Å². The Morgan fingerprint density at radius 1 is 1.36 bits per heavy atom. The predicted molar refractivity (Wildman–Crippen MR) is 42.4 cm³/mol. The van der Waals surface area contributed by atoms with Crippen molar-refractivity contribution in [2.45, 2.75) is 0 Å². The molecule has 0 atom stereocenters. The summed E-state index contributed by atoms with van der Waals surface area (Å²) in [6, 6.07) is 5.52. The van der Waals surface area contributed by atoms with E-state index < -0.39 is 0 Å². The summed E-state index contributed by atoms with van der Waals surface area (Å²) in [5.74, 6) is 0.431. The maximum absolute atomic E-state index is 6.72. The van der Waals surface area contributed by atoms with E-state index in [1.54, 1.807) is 6.07 Å². The number of hydrogen-bond donors (Lipinski definition) is 1. The molecule has 0 aromatic carbocycles. The average molecular weight is 143 g/mol. The Labute approximate surface area is 63.5 Å². The van der Waals surface area contributed by atoms with Crippen LogP contribution in [0.3, 0.4) is 0 Å². The fourth-order valence-corrected chi connectivity index (χ4v) is 0.982. The number of aromatic amines is 1. The van der Waals surface area contributed by atoms with E-state index in [0.717, 1.165) is 11.0 Å². The van der Waals surface area contributed by atoms with E-state index in [1.807, 2.05) is 18.3 Å². The number of fused-ring (bicyclic) bond motifs is 1. The van der Waals surface area contributed by atoms with Gasteiger partial charge in [-0.15, -0.1) is 4.98 Å². The van der Waals surface area contributed by atoms with Crippen LogP contribution in [0.2, 0.25) is 0 Å². The standard InChI is InChI=1S/C8H5N3/c1-9-7-3-2-6-4-5-10-8(6)11-7/h2-5H,(H,10,11). The van der Waals surface area contributed by atoms with Crippen molar-refractivity contribution in [3.63, 3.8) is 0 Å². The van der Waals surface area contributed by atoms with Crippen molar-refractivity contribution >= 4 is 16.9 Å². The first-order chi connectivity index (χ1) is 5.40. The summed E-state index contributed by atoms with van der Waals surface area (Å²) >= 11 is 0. The molecule has 0 saturated heterocycles. The van der Waals surface area contributed by atoms with E-state index in [9.17, 15) is 0 Å². The first-order valence-electron chi connectivity index (χ1n) is 3.22. The fraction of sp³-hybridized carbons (Fsp3) is 0. The first-order valence-corrected chi connectivity index (χ1v) is 3.22. The van der Waals surface area contributed by atoms with Crippen molar-refractivity contribution in [1.82, 2.24) is 9.97 Å². The third-order valence-corrected chi connectivity index (χ3v) is 1.51. The zero-order valence-electron chi connectivity index (χ0n) is 5.70. The van der Waals surface area contributed by atoms with Gasteiger partial charge in [0.05, 0.1) is 0 Å². The molecule has 0 aliphatic rings. The van der Waals surface area contributed by atoms with Gasteiger partial charge in [0, 0.05) is 11.6 Å². The van der Waals surface area contributed by atoms with Crippen LogP contribution in [-0.2, 0) is 0 Å². The molecule has 0 aliphatic carbocycles. The molecule has 0 unspecified atom stereocenters. The summed E-state index contributed by atoms with van der Waals surface area (Å²) in [7, 11) is 0. The highest BCUT2D eigenvalue weighted by atomic mass is 14.9. The summed E-state index contributed by atoms with van der Waals surface area (Å²) in [5, 5.41) is 1.04. The minimum absolute atomic E-state index is 0.431. The van der Waals surface area contributed by atoms with Crippen LogP contribution >= 0.6 is 0 Å². The molecule has 0 fully saturated rings. The zero-order valence-corrected chi connectivity index (χ0v) is 5.70. The second-order valence-corrected chi connectivity index (χ2v) is 2.20. The van der Waals surface area contributed by atoms with E-state index >= 15 is 0 Å². The summed E-state index contributed by atoms with van der Waals surface area (Å²) in [5.41, 5.74) is 0.776. The summed E-state index contributed by atoms with van der Waals surface area (Å²) in [6.07, 6.45) is 1.81. The molecule has 0 bridgehead atoms. The second kappa shape index (κ2) is 2.10. The zero-order chi connectivity index (χ0) is 7.68. The highest BCUT2D eigenvalue weighted by Gasteiger charge is 1.99. The van der Waals surface area contributed by atoms with Crippen LogP contribution < -0.4 is 0 Å². The minimum Gasteiger partial charge on any atom is -0.361 e. The number of hydrogen-bond acceptors (Lipinski definition) is 1. The molecule has 52 valence electrons. The number of pyridine rings is 1. The van der Waals surface area contributed by atoms with Gasteiger partial charge in [0.15, 0.2) is 0 Å². The Morgan fingerprint density at radius 3 is 3.09 bits per heavy atom. The molecule has 11 heavy (non-hydrogen) atoms. The highest BCUT2D eigenvalue weighted by molar-refractivity contribution is 5.77. The van der Waals surface area contributed by atoms with Gasteiger partial charge < -0.3 is 9.83 Å².